The number of hydrogen-bond donors (Lipinski definition) is 1. The quantitative estimate of drug-likeness (QED) is 0.796. The summed E-state index contributed by atoms with van der Waals surface area (Å²) in [5.41, 5.74) is 3.03. The summed E-state index contributed by atoms with van der Waals surface area (Å²) < 4.78 is 0. The fraction of sp³-hybridized carbons (Fsp3) is 0.444. The lowest BCUT2D eigenvalue weighted by atomic mass is 9.99. The van der Waals surface area contributed by atoms with E-state index in [4.69, 9.17) is 0 Å². The van der Waals surface area contributed by atoms with Crippen LogP contribution in [0.2, 0.25) is 0 Å². The smallest absolute Gasteiger partial charge is 0.0365 e. The number of thiophene rings is 1. The first-order valence-corrected chi connectivity index (χ1v) is 8.51. The predicted octanol–water partition coefficient (Wildman–Crippen LogP) is 4.90. The van der Waals surface area contributed by atoms with Gasteiger partial charge in [-0.05, 0) is 60.7 Å². The molecule has 1 saturated carbocycles. The Bertz CT molecular complexity index is 546. The molecule has 0 amide bonds. The van der Waals surface area contributed by atoms with Crippen LogP contribution in [-0.2, 0) is 0 Å². The second kappa shape index (κ2) is 6.11. The highest BCUT2D eigenvalue weighted by molar-refractivity contribution is 7.10. The van der Waals surface area contributed by atoms with E-state index in [1.54, 1.807) is 0 Å². The molecule has 1 fully saturated rings. The van der Waals surface area contributed by atoms with Crippen LogP contribution in [0.3, 0.4) is 0 Å². The second-order valence-corrected chi connectivity index (χ2v) is 6.90. The molecule has 2 aromatic rings. The third kappa shape index (κ3) is 2.82. The molecule has 1 nitrogen and oxygen atoms in total. The molecule has 1 aliphatic carbocycles. The van der Waals surface area contributed by atoms with Gasteiger partial charge in [0.15, 0.2) is 0 Å². The van der Waals surface area contributed by atoms with E-state index in [2.05, 4.69) is 60.9 Å². The summed E-state index contributed by atoms with van der Waals surface area (Å²) in [4.78, 5) is 1.47. The van der Waals surface area contributed by atoms with Gasteiger partial charge in [-0.1, -0.05) is 37.3 Å². The van der Waals surface area contributed by atoms with Gasteiger partial charge in [0.05, 0.1) is 0 Å². The van der Waals surface area contributed by atoms with Crippen molar-refractivity contribution in [1.29, 1.82) is 0 Å². The highest BCUT2D eigenvalue weighted by Gasteiger charge is 2.44. The maximum atomic E-state index is 3.78. The normalized spacial score (nSPS) is 22.7. The van der Waals surface area contributed by atoms with Gasteiger partial charge in [-0.2, -0.15) is 0 Å². The van der Waals surface area contributed by atoms with Crippen LogP contribution < -0.4 is 5.32 Å². The maximum absolute atomic E-state index is 3.78. The summed E-state index contributed by atoms with van der Waals surface area (Å²) in [7, 11) is 0. The van der Waals surface area contributed by atoms with Crippen LogP contribution in [0.25, 0.3) is 0 Å². The molecule has 1 N–H and O–H groups in total. The largest absolute Gasteiger partial charge is 0.310 e. The molecule has 3 unspecified atom stereocenters. The average molecular weight is 285 g/mol. The number of rotatable bonds is 6. The van der Waals surface area contributed by atoms with Gasteiger partial charge in [0.25, 0.3) is 0 Å². The average Bonchev–Trinajstić information content (AvgIpc) is 3.16. The number of nitrogens with one attached hydrogen (secondary N) is 1. The van der Waals surface area contributed by atoms with Crippen LogP contribution in [-0.4, -0.2) is 6.54 Å². The minimum Gasteiger partial charge on any atom is -0.310 e. The van der Waals surface area contributed by atoms with E-state index >= 15 is 0 Å². The highest BCUT2D eigenvalue weighted by Crippen LogP contribution is 2.54. The van der Waals surface area contributed by atoms with E-state index in [9.17, 15) is 0 Å². The van der Waals surface area contributed by atoms with Crippen molar-refractivity contribution in [3.63, 3.8) is 0 Å². The van der Waals surface area contributed by atoms with E-state index in [0.29, 0.717) is 6.04 Å². The first-order chi connectivity index (χ1) is 9.81. The molecule has 1 aromatic carbocycles. The summed E-state index contributed by atoms with van der Waals surface area (Å²) in [6.45, 7) is 5.60. The molecule has 3 rings (SSSR count). The van der Waals surface area contributed by atoms with E-state index in [1.807, 2.05) is 11.3 Å². The Hall–Kier alpha value is -1.12. The molecule has 0 aliphatic heterocycles. The van der Waals surface area contributed by atoms with Crippen molar-refractivity contribution in [2.45, 2.75) is 38.6 Å². The maximum Gasteiger partial charge on any atom is 0.0365 e. The summed E-state index contributed by atoms with van der Waals surface area (Å²) in [5.74, 6) is 1.50. The van der Waals surface area contributed by atoms with Gasteiger partial charge in [-0.3, -0.25) is 0 Å². The van der Waals surface area contributed by atoms with Crippen molar-refractivity contribution in [2.75, 3.05) is 6.54 Å². The van der Waals surface area contributed by atoms with Crippen LogP contribution in [0.4, 0.5) is 0 Å². The first-order valence-electron chi connectivity index (χ1n) is 7.63. The first kappa shape index (κ1) is 13.8. The monoisotopic (exact) mass is 285 g/mol. The number of aryl methyl sites for hydroxylation is 1. The standard InChI is InChI=1S/C18H23NS/c1-3-10-19-18(15-9-11-20-13(15)2)17-12-16(17)14-7-5-4-6-8-14/h4-9,11,16-19H,3,10,12H2,1-2H3. The zero-order valence-corrected chi connectivity index (χ0v) is 13.1. The van der Waals surface area contributed by atoms with Crippen molar-refractivity contribution in [1.82, 2.24) is 5.32 Å². The van der Waals surface area contributed by atoms with Crippen molar-refractivity contribution in [3.05, 3.63) is 57.8 Å². The Morgan fingerprint density at radius 1 is 1.25 bits per heavy atom. The van der Waals surface area contributed by atoms with Crippen LogP contribution >= 0.6 is 11.3 Å². The number of benzene rings is 1. The molecule has 0 bridgehead atoms. The molecule has 1 aliphatic rings. The van der Waals surface area contributed by atoms with Gasteiger partial charge < -0.3 is 5.32 Å². The van der Waals surface area contributed by atoms with Gasteiger partial charge in [-0.25, -0.2) is 0 Å². The zero-order valence-electron chi connectivity index (χ0n) is 12.3. The van der Waals surface area contributed by atoms with E-state index in [1.165, 1.54) is 28.8 Å². The van der Waals surface area contributed by atoms with E-state index in [-0.39, 0.29) is 0 Å². The van der Waals surface area contributed by atoms with Gasteiger partial charge in [0.1, 0.15) is 0 Å². The molecule has 2 heteroatoms. The summed E-state index contributed by atoms with van der Waals surface area (Å²) >= 11 is 1.87. The van der Waals surface area contributed by atoms with Crippen LogP contribution in [0.5, 0.6) is 0 Å². The minimum atomic E-state index is 0.534. The third-order valence-electron chi connectivity index (χ3n) is 4.34. The third-order valence-corrected chi connectivity index (χ3v) is 5.21. The lowest BCUT2D eigenvalue weighted by Gasteiger charge is -2.19. The molecule has 0 spiro atoms. The fourth-order valence-corrected chi connectivity index (χ4v) is 3.93. The van der Waals surface area contributed by atoms with Crippen LogP contribution in [0.1, 0.15) is 47.7 Å². The molecule has 3 atom stereocenters. The lowest BCUT2D eigenvalue weighted by molar-refractivity contribution is 0.473. The van der Waals surface area contributed by atoms with Gasteiger partial charge >= 0.3 is 0 Å². The van der Waals surface area contributed by atoms with Crippen LogP contribution in [0, 0.1) is 12.8 Å². The Morgan fingerprint density at radius 2 is 2.05 bits per heavy atom. The SMILES string of the molecule is CCCNC(c1ccsc1C)C1CC1c1ccccc1. The Balaban J connectivity index is 1.77. The van der Waals surface area contributed by atoms with Gasteiger partial charge in [0, 0.05) is 10.9 Å². The summed E-state index contributed by atoms with van der Waals surface area (Å²) in [6, 6.07) is 13.8. The van der Waals surface area contributed by atoms with Crippen molar-refractivity contribution in [3.8, 4) is 0 Å². The molecule has 106 valence electrons. The Labute approximate surface area is 126 Å². The zero-order chi connectivity index (χ0) is 13.9. The second-order valence-electron chi connectivity index (χ2n) is 5.78. The summed E-state index contributed by atoms with van der Waals surface area (Å²) in [6.07, 6.45) is 2.52. The summed E-state index contributed by atoms with van der Waals surface area (Å²) in [5, 5.41) is 6.01. The number of hydrogen-bond acceptors (Lipinski definition) is 2. The van der Waals surface area contributed by atoms with Crippen LogP contribution in [0.15, 0.2) is 41.8 Å². The van der Waals surface area contributed by atoms with E-state index in [0.717, 1.165) is 18.4 Å². The van der Waals surface area contributed by atoms with Gasteiger partial charge in [0.2, 0.25) is 0 Å². The van der Waals surface area contributed by atoms with Crippen molar-refractivity contribution in [2.24, 2.45) is 5.92 Å². The molecule has 0 radical (unpaired) electrons. The molecule has 1 heterocycles. The molecular formula is C18H23NS. The van der Waals surface area contributed by atoms with E-state index < -0.39 is 0 Å². The Kier molecular flexibility index (Phi) is 4.23. The minimum absolute atomic E-state index is 0.534. The van der Waals surface area contributed by atoms with Gasteiger partial charge in [-0.15, -0.1) is 11.3 Å². The lowest BCUT2D eigenvalue weighted by Crippen LogP contribution is -2.24. The topological polar surface area (TPSA) is 12.0 Å². The molecule has 20 heavy (non-hydrogen) atoms. The van der Waals surface area contributed by atoms with Crippen molar-refractivity contribution < 1.29 is 0 Å². The molecular weight excluding hydrogens is 262 g/mol. The predicted molar refractivity (Wildman–Crippen MR) is 87.4 cm³/mol. The highest BCUT2D eigenvalue weighted by atomic mass is 32.1. The van der Waals surface area contributed by atoms with Crippen molar-refractivity contribution >= 4 is 11.3 Å². The fourth-order valence-electron chi connectivity index (χ4n) is 3.18. The molecule has 0 saturated heterocycles. The molecule has 1 aromatic heterocycles. The Morgan fingerprint density at radius 3 is 2.70 bits per heavy atom.